The molecule has 10 heteroatoms. The summed E-state index contributed by atoms with van der Waals surface area (Å²) in [6, 6.07) is 32.2. The van der Waals surface area contributed by atoms with Gasteiger partial charge < -0.3 is 19.3 Å². The molecule has 1 N–H and O–H groups in total. The molecule has 0 unspecified atom stereocenters. The summed E-state index contributed by atoms with van der Waals surface area (Å²) < 4.78 is 21.4. The molecule has 0 atom stereocenters. The van der Waals surface area contributed by atoms with E-state index in [1.165, 1.54) is 11.1 Å². The molecule has 58 heavy (non-hydrogen) atoms. The fourth-order valence-electron chi connectivity index (χ4n) is 6.21. The smallest absolute Gasteiger partial charge is 0.172 e. The van der Waals surface area contributed by atoms with Crippen LogP contribution in [0.2, 0.25) is 0 Å². The maximum Gasteiger partial charge on any atom is 0.172 e. The summed E-state index contributed by atoms with van der Waals surface area (Å²) in [5.41, 5.74) is 8.03. The van der Waals surface area contributed by atoms with Gasteiger partial charge >= 0.3 is 0 Å². The molecule has 2 aromatic heterocycles. The second-order valence-corrected chi connectivity index (χ2v) is 16.6. The molecule has 0 aliphatic carbocycles. The molecule has 0 aliphatic rings. The van der Waals surface area contributed by atoms with Gasteiger partial charge in [0, 0.05) is 23.8 Å². The van der Waals surface area contributed by atoms with Gasteiger partial charge in [0.2, 0.25) is 0 Å². The molecule has 0 spiro atoms. The number of aromatic nitrogens is 6. The Balaban J connectivity index is 1.11. The minimum Gasteiger partial charge on any atom is -0.493 e. The van der Waals surface area contributed by atoms with Crippen LogP contribution in [-0.4, -0.2) is 54.9 Å². The van der Waals surface area contributed by atoms with Crippen LogP contribution in [0.5, 0.6) is 17.2 Å². The van der Waals surface area contributed by atoms with Crippen molar-refractivity contribution in [2.75, 3.05) is 19.8 Å². The van der Waals surface area contributed by atoms with E-state index in [1.54, 1.807) is 10.7 Å². The predicted octanol–water partition coefficient (Wildman–Crippen LogP) is 9.93. The molecule has 4 aromatic carbocycles. The van der Waals surface area contributed by atoms with Gasteiger partial charge in [-0.3, -0.25) is 0 Å². The van der Waals surface area contributed by atoms with Gasteiger partial charge in [-0.2, -0.15) is 0 Å². The third-order valence-corrected chi connectivity index (χ3v) is 9.73. The number of nitrogens with zero attached hydrogens (tertiary/aromatic N) is 6. The zero-order chi connectivity index (χ0) is 41.1. The van der Waals surface area contributed by atoms with E-state index in [2.05, 4.69) is 105 Å². The number of ether oxygens (including phenoxy) is 3. The molecule has 10 nitrogen and oxygen atoms in total. The zero-order valence-electron chi connectivity index (χ0n) is 35.0. The van der Waals surface area contributed by atoms with Crippen molar-refractivity contribution in [1.29, 1.82) is 0 Å². The Hall–Kier alpha value is -5.92. The largest absolute Gasteiger partial charge is 0.493 e. The maximum atomic E-state index is 9.66. The molecule has 2 heterocycles. The molecule has 302 valence electrons. The summed E-state index contributed by atoms with van der Waals surface area (Å²) in [4.78, 5) is 0. The first kappa shape index (κ1) is 41.7. The van der Waals surface area contributed by atoms with Crippen LogP contribution < -0.4 is 14.2 Å². The van der Waals surface area contributed by atoms with Gasteiger partial charge in [-0.15, -0.1) is 10.2 Å². The van der Waals surface area contributed by atoms with Crippen LogP contribution in [0.1, 0.15) is 114 Å². The molecule has 0 saturated heterocycles. The Bertz CT molecular complexity index is 2230. The molecular formula is C48H56N6O4. The van der Waals surface area contributed by atoms with Gasteiger partial charge in [0.1, 0.15) is 22.9 Å². The number of rotatable bonds is 18. The predicted molar refractivity (Wildman–Crippen MR) is 229 cm³/mol. The highest BCUT2D eigenvalue weighted by molar-refractivity contribution is 5.88. The number of unbranched alkanes of at least 4 members (excludes halogenated alkanes) is 3. The van der Waals surface area contributed by atoms with Gasteiger partial charge in [0.15, 0.2) is 5.75 Å². The highest BCUT2D eigenvalue weighted by Gasteiger charge is 2.22. The lowest BCUT2D eigenvalue weighted by atomic mass is 9.80. The van der Waals surface area contributed by atoms with Crippen LogP contribution in [0.15, 0.2) is 91.3 Å². The molecule has 0 radical (unpaired) electrons. The SMILES string of the molecule is CCCCOc1cc(CO)cc(OCCCCCOc2c#ccc(-n3cc(/C(=C/c4ccccc4)c4cn(-c5cc(C(C)(C)C)cc(C(C)(C)C)c5)nn4)nn3)c2)c1. The van der Waals surface area contributed by atoms with E-state index in [0.29, 0.717) is 42.7 Å². The molecule has 6 rings (SSSR count). The van der Waals surface area contributed by atoms with E-state index in [4.69, 9.17) is 14.2 Å². The summed E-state index contributed by atoms with van der Waals surface area (Å²) >= 11 is 0. The Labute approximate surface area is 343 Å². The Morgan fingerprint density at radius 3 is 1.86 bits per heavy atom. The lowest BCUT2D eigenvalue weighted by molar-refractivity contribution is 0.268. The van der Waals surface area contributed by atoms with Crippen LogP contribution in [0.4, 0.5) is 0 Å². The minimum absolute atomic E-state index is 0.0337. The van der Waals surface area contributed by atoms with Crippen LogP contribution in [0.3, 0.4) is 0 Å². The first-order chi connectivity index (χ1) is 27.9. The van der Waals surface area contributed by atoms with E-state index in [-0.39, 0.29) is 17.4 Å². The van der Waals surface area contributed by atoms with Gasteiger partial charge in [0.05, 0.1) is 50.2 Å². The summed E-state index contributed by atoms with van der Waals surface area (Å²) in [7, 11) is 0. The summed E-state index contributed by atoms with van der Waals surface area (Å²) in [5.74, 6) is 2.01. The van der Waals surface area contributed by atoms with Crippen molar-refractivity contribution in [3.63, 3.8) is 0 Å². The van der Waals surface area contributed by atoms with Crippen LogP contribution in [-0.2, 0) is 17.4 Å². The van der Waals surface area contributed by atoms with Crippen molar-refractivity contribution in [2.24, 2.45) is 0 Å². The van der Waals surface area contributed by atoms with E-state index in [1.807, 2.05) is 71.7 Å². The van der Waals surface area contributed by atoms with Crippen molar-refractivity contribution >= 4 is 11.6 Å². The minimum atomic E-state index is -0.0602. The van der Waals surface area contributed by atoms with Crippen LogP contribution in [0, 0.1) is 12.1 Å². The topological polar surface area (TPSA) is 109 Å². The average Bonchev–Trinajstić information content (AvgIpc) is 3.91. The summed E-state index contributed by atoms with van der Waals surface area (Å²) in [6.45, 7) is 17.2. The lowest BCUT2D eigenvalue weighted by Gasteiger charge is -2.26. The van der Waals surface area contributed by atoms with Crippen molar-refractivity contribution in [3.8, 4) is 28.6 Å². The van der Waals surface area contributed by atoms with Crippen LogP contribution in [0.25, 0.3) is 23.0 Å². The molecule has 0 fully saturated rings. The van der Waals surface area contributed by atoms with E-state index < -0.39 is 0 Å². The van der Waals surface area contributed by atoms with E-state index in [9.17, 15) is 5.11 Å². The number of hydrogen-bond acceptors (Lipinski definition) is 8. The monoisotopic (exact) mass is 780 g/mol. The number of aliphatic hydroxyl groups is 1. The fraction of sp³-hybridized carbons (Fsp3) is 0.375. The normalized spacial score (nSPS) is 12.0. The number of benzene rings is 3. The zero-order valence-corrected chi connectivity index (χ0v) is 35.0. The van der Waals surface area contributed by atoms with Gasteiger partial charge in [-0.25, -0.2) is 9.36 Å². The first-order valence-corrected chi connectivity index (χ1v) is 20.3. The molecule has 6 aromatic rings. The Kier molecular flexibility index (Phi) is 13.7. The van der Waals surface area contributed by atoms with Gasteiger partial charge in [-0.05, 0) is 95.2 Å². The molecule has 0 aliphatic heterocycles. The van der Waals surface area contributed by atoms with Gasteiger partial charge in [0.25, 0.3) is 0 Å². The van der Waals surface area contributed by atoms with Crippen LogP contribution >= 0.6 is 0 Å². The van der Waals surface area contributed by atoms with E-state index >= 15 is 0 Å². The second-order valence-electron chi connectivity index (χ2n) is 16.6. The van der Waals surface area contributed by atoms with Gasteiger partial charge in [-0.1, -0.05) is 108 Å². The highest BCUT2D eigenvalue weighted by atomic mass is 16.5. The Morgan fingerprint density at radius 2 is 1.28 bits per heavy atom. The van der Waals surface area contributed by atoms with Crippen molar-refractivity contribution in [2.45, 2.75) is 98.0 Å². The fourth-order valence-corrected chi connectivity index (χ4v) is 6.21. The third-order valence-electron chi connectivity index (χ3n) is 9.73. The summed E-state index contributed by atoms with van der Waals surface area (Å²) in [5, 5.41) is 28.0. The maximum absolute atomic E-state index is 9.66. The number of aliphatic hydroxyl groups excluding tert-OH is 1. The Morgan fingerprint density at radius 1 is 0.690 bits per heavy atom. The summed E-state index contributed by atoms with van der Waals surface area (Å²) in [6.07, 6.45) is 10.6. The first-order valence-electron chi connectivity index (χ1n) is 20.3. The highest BCUT2D eigenvalue weighted by Crippen LogP contribution is 2.32. The second kappa shape index (κ2) is 19.0. The third kappa shape index (κ3) is 11.4. The molecule has 0 amide bonds. The van der Waals surface area contributed by atoms with Crippen molar-refractivity contribution in [1.82, 2.24) is 30.0 Å². The quantitative estimate of drug-likeness (QED) is 0.0859. The number of hydrogen-bond donors (Lipinski definition) is 1. The molecule has 0 bridgehead atoms. The lowest BCUT2D eigenvalue weighted by Crippen LogP contribution is -2.17. The van der Waals surface area contributed by atoms with Crippen molar-refractivity contribution < 1.29 is 19.3 Å². The molecule has 0 saturated carbocycles. The van der Waals surface area contributed by atoms with Crippen molar-refractivity contribution in [3.05, 3.63) is 137 Å². The van der Waals surface area contributed by atoms with E-state index in [0.717, 1.165) is 65.9 Å². The molecular weight excluding hydrogens is 725 g/mol. The average molecular weight is 781 g/mol. The standard InChI is InChI=1S/C48H56N6O4/c1-8-9-21-57-42-24-36(34-55)25-43(31-42)58-23-15-11-14-22-56-41-20-16-19-39(30-41)53-32-45(49-51-53)44(26-35-17-12-10-13-18-35)46-33-54(52-50-46)40-28-37(47(2,3)4)27-38(29-40)48(5,6)7/h10,12-13,17-19,24-33,55H,8-9,11,14-15,21-23,34H2,1-7H3/b44-26-.